The van der Waals surface area contributed by atoms with Crippen molar-refractivity contribution in [2.75, 3.05) is 26.7 Å². The van der Waals surface area contributed by atoms with Crippen molar-refractivity contribution in [3.05, 3.63) is 54.2 Å². The van der Waals surface area contributed by atoms with E-state index in [9.17, 15) is 4.79 Å². The molecule has 5 nitrogen and oxygen atoms in total. The van der Waals surface area contributed by atoms with Crippen molar-refractivity contribution in [1.82, 2.24) is 14.8 Å². The van der Waals surface area contributed by atoms with Crippen LogP contribution in [0.3, 0.4) is 0 Å². The molecule has 5 heteroatoms. The fourth-order valence-corrected chi connectivity index (χ4v) is 3.36. The molecular weight excluding hydrogens is 302 g/mol. The van der Waals surface area contributed by atoms with Crippen LogP contribution in [0.4, 0.5) is 0 Å². The molecule has 24 heavy (non-hydrogen) atoms. The van der Waals surface area contributed by atoms with Crippen LogP contribution in [0.25, 0.3) is 0 Å². The quantitative estimate of drug-likeness (QED) is 0.784. The Morgan fingerprint density at radius 1 is 1.42 bits per heavy atom. The van der Waals surface area contributed by atoms with Crippen LogP contribution in [0.1, 0.15) is 24.2 Å². The van der Waals surface area contributed by atoms with E-state index in [0.717, 1.165) is 38.4 Å². The van der Waals surface area contributed by atoms with Gasteiger partial charge in [-0.1, -0.05) is 6.07 Å². The summed E-state index contributed by atoms with van der Waals surface area (Å²) in [5.74, 6) is 1.68. The monoisotopic (exact) mass is 327 g/mol. The Morgan fingerprint density at radius 2 is 2.33 bits per heavy atom. The molecule has 1 fully saturated rings. The summed E-state index contributed by atoms with van der Waals surface area (Å²) in [6.07, 6.45) is 7.68. The second-order valence-electron chi connectivity index (χ2n) is 6.63. The number of furan rings is 1. The Labute approximate surface area is 143 Å². The van der Waals surface area contributed by atoms with Crippen LogP contribution in [0, 0.1) is 5.92 Å². The second-order valence-corrected chi connectivity index (χ2v) is 6.63. The third-order valence-corrected chi connectivity index (χ3v) is 4.55. The van der Waals surface area contributed by atoms with Crippen LogP contribution in [0.15, 0.2) is 47.3 Å². The maximum atomic E-state index is 12.3. The Bertz CT molecular complexity index is 627. The lowest BCUT2D eigenvalue weighted by Crippen LogP contribution is -2.31. The molecule has 1 aliphatic rings. The molecule has 1 atom stereocenters. The summed E-state index contributed by atoms with van der Waals surface area (Å²) in [6.45, 7) is 3.66. The van der Waals surface area contributed by atoms with E-state index in [1.807, 2.05) is 29.3 Å². The highest BCUT2D eigenvalue weighted by molar-refractivity contribution is 5.76. The summed E-state index contributed by atoms with van der Waals surface area (Å²) in [6, 6.07) is 7.86. The van der Waals surface area contributed by atoms with Gasteiger partial charge >= 0.3 is 0 Å². The number of rotatable bonds is 7. The topological polar surface area (TPSA) is 49.6 Å². The van der Waals surface area contributed by atoms with Gasteiger partial charge in [0.05, 0.1) is 6.26 Å². The van der Waals surface area contributed by atoms with Crippen molar-refractivity contribution < 1.29 is 9.21 Å². The first-order chi connectivity index (χ1) is 11.7. The Hall–Kier alpha value is -2.14. The molecule has 0 unspecified atom stereocenters. The van der Waals surface area contributed by atoms with Crippen molar-refractivity contribution in [2.24, 2.45) is 5.92 Å². The first-order valence-electron chi connectivity index (χ1n) is 8.58. The summed E-state index contributed by atoms with van der Waals surface area (Å²) < 4.78 is 5.29. The Balaban J connectivity index is 1.40. The van der Waals surface area contributed by atoms with Gasteiger partial charge in [-0.15, -0.1) is 0 Å². The van der Waals surface area contributed by atoms with Crippen molar-refractivity contribution in [3.8, 4) is 0 Å². The van der Waals surface area contributed by atoms with Crippen LogP contribution >= 0.6 is 0 Å². The number of carbonyl (C=O) groups excluding carboxylic acids is 1. The van der Waals surface area contributed by atoms with E-state index in [-0.39, 0.29) is 5.91 Å². The van der Waals surface area contributed by atoms with Gasteiger partial charge in [0.25, 0.3) is 0 Å². The SMILES string of the molecule is CN(Cc1cccnc1)C[C@H]1CCN(C(=O)CCc2ccco2)C1. The average molecular weight is 327 g/mol. The van der Waals surface area contributed by atoms with Gasteiger partial charge < -0.3 is 14.2 Å². The molecule has 128 valence electrons. The normalized spacial score (nSPS) is 17.6. The van der Waals surface area contributed by atoms with Crippen molar-refractivity contribution in [2.45, 2.75) is 25.8 Å². The zero-order valence-electron chi connectivity index (χ0n) is 14.2. The van der Waals surface area contributed by atoms with Gasteiger partial charge in [-0.25, -0.2) is 0 Å². The van der Waals surface area contributed by atoms with Gasteiger partial charge in [-0.3, -0.25) is 9.78 Å². The number of likely N-dealkylation sites (tertiary alicyclic amines) is 1. The summed E-state index contributed by atoms with van der Waals surface area (Å²) in [4.78, 5) is 20.8. The van der Waals surface area contributed by atoms with Crippen LogP contribution in [0.5, 0.6) is 0 Å². The molecule has 0 aliphatic carbocycles. The van der Waals surface area contributed by atoms with Crippen LogP contribution in [-0.2, 0) is 17.8 Å². The number of amides is 1. The van der Waals surface area contributed by atoms with Crippen molar-refractivity contribution in [1.29, 1.82) is 0 Å². The molecule has 0 spiro atoms. The number of aryl methyl sites for hydroxylation is 1. The van der Waals surface area contributed by atoms with Gasteiger partial charge in [0.1, 0.15) is 5.76 Å². The first-order valence-corrected chi connectivity index (χ1v) is 8.58. The smallest absolute Gasteiger partial charge is 0.223 e. The third-order valence-electron chi connectivity index (χ3n) is 4.55. The predicted molar refractivity (Wildman–Crippen MR) is 92.3 cm³/mol. The molecule has 1 amide bonds. The van der Waals surface area contributed by atoms with Crippen LogP contribution in [-0.4, -0.2) is 47.4 Å². The molecule has 0 radical (unpaired) electrons. The van der Waals surface area contributed by atoms with E-state index in [0.29, 0.717) is 18.8 Å². The van der Waals surface area contributed by atoms with Gasteiger partial charge in [0, 0.05) is 51.4 Å². The number of nitrogens with zero attached hydrogens (tertiary/aromatic N) is 3. The molecule has 3 rings (SSSR count). The summed E-state index contributed by atoms with van der Waals surface area (Å²) in [5, 5.41) is 0. The fourth-order valence-electron chi connectivity index (χ4n) is 3.36. The highest BCUT2D eigenvalue weighted by Gasteiger charge is 2.26. The van der Waals surface area contributed by atoms with E-state index in [4.69, 9.17) is 4.42 Å². The Morgan fingerprint density at radius 3 is 3.08 bits per heavy atom. The maximum Gasteiger partial charge on any atom is 0.223 e. The molecule has 1 aliphatic heterocycles. The van der Waals surface area contributed by atoms with Gasteiger partial charge in [-0.2, -0.15) is 0 Å². The lowest BCUT2D eigenvalue weighted by molar-refractivity contribution is -0.130. The highest BCUT2D eigenvalue weighted by Crippen LogP contribution is 2.19. The molecule has 3 heterocycles. The van der Waals surface area contributed by atoms with Crippen LogP contribution < -0.4 is 0 Å². The number of hydrogen-bond donors (Lipinski definition) is 0. The zero-order valence-corrected chi connectivity index (χ0v) is 14.2. The molecule has 0 N–H and O–H groups in total. The van der Waals surface area contributed by atoms with E-state index in [2.05, 4.69) is 23.0 Å². The number of aromatic nitrogens is 1. The van der Waals surface area contributed by atoms with Crippen LogP contribution in [0.2, 0.25) is 0 Å². The standard InChI is InChI=1S/C19H25N3O2/c1-21(13-16-4-2-9-20-12-16)14-17-8-10-22(15-17)19(23)7-6-18-5-3-11-24-18/h2-5,9,11-12,17H,6-8,10,13-15H2,1H3/t17-/m1/s1. The number of carbonyl (C=O) groups is 1. The molecule has 0 bridgehead atoms. The van der Waals surface area contributed by atoms with Gasteiger partial charge in [-0.05, 0) is 43.1 Å². The molecule has 2 aromatic heterocycles. The molecule has 1 saturated heterocycles. The van der Waals surface area contributed by atoms with E-state index < -0.39 is 0 Å². The van der Waals surface area contributed by atoms with Crippen molar-refractivity contribution in [3.63, 3.8) is 0 Å². The van der Waals surface area contributed by atoms with E-state index >= 15 is 0 Å². The molecule has 0 aromatic carbocycles. The Kier molecular flexibility index (Phi) is 5.64. The minimum atomic E-state index is 0.240. The summed E-state index contributed by atoms with van der Waals surface area (Å²) in [7, 11) is 2.13. The molecular formula is C19H25N3O2. The van der Waals surface area contributed by atoms with E-state index in [1.165, 1.54) is 5.56 Å². The number of hydrogen-bond acceptors (Lipinski definition) is 4. The maximum absolute atomic E-state index is 12.3. The second kappa shape index (κ2) is 8.11. The summed E-state index contributed by atoms with van der Waals surface area (Å²) in [5.41, 5.74) is 1.23. The zero-order chi connectivity index (χ0) is 16.8. The predicted octanol–water partition coefficient (Wildman–Crippen LogP) is 2.59. The molecule has 2 aromatic rings. The van der Waals surface area contributed by atoms with Gasteiger partial charge in [0.2, 0.25) is 5.91 Å². The first kappa shape index (κ1) is 16.7. The lowest BCUT2D eigenvalue weighted by atomic mass is 10.1. The summed E-state index contributed by atoms with van der Waals surface area (Å²) >= 11 is 0. The van der Waals surface area contributed by atoms with Crippen molar-refractivity contribution >= 4 is 5.91 Å². The fraction of sp³-hybridized carbons (Fsp3) is 0.474. The third kappa shape index (κ3) is 4.68. The average Bonchev–Trinajstić information content (AvgIpc) is 3.25. The molecule has 0 saturated carbocycles. The lowest BCUT2D eigenvalue weighted by Gasteiger charge is -2.21. The largest absolute Gasteiger partial charge is 0.469 e. The van der Waals surface area contributed by atoms with E-state index in [1.54, 1.807) is 12.5 Å². The van der Waals surface area contributed by atoms with Gasteiger partial charge in [0.15, 0.2) is 0 Å². The highest BCUT2D eigenvalue weighted by atomic mass is 16.3. The number of pyridine rings is 1. The minimum absolute atomic E-state index is 0.240. The minimum Gasteiger partial charge on any atom is -0.469 e.